The second-order valence-corrected chi connectivity index (χ2v) is 12.1. The zero-order valence-electron chi connectivity index (χ0n) is 23.4. The molecule has 0 radical (unpaired) electrons. The van der Waals surface area contributed by atoms with Crippen molar-refractivity contribution in [1.29, 1.82) is 0 Å². The van der Waals surface area contributed by atoms with Gasteiger partial charge < -0.3 is 19.1 Å². The molecule has 0 N–H and O–H groups in total. The molecule has 2 aliphatic heterocycles. The van der Waals surface area contributed by atoms with Crippen LogP contribution in [0.2, 0.25) is 0 Å². The van der Waals surface area contributed by atoms with Gasteiger partial charge >= 0.3 is 5.97 Å². The molecule has 1 atom stereocenters. The zero-order chi connectivity index (χ0) is 30.3. The van der Waals surface area contributed by atoms with Crippen LogP contribution in [0.25, 0.3) is 0 Å². The Morgan fingerprint density at radius 3 is 2.26 bits per heavy atom. The standard InChI is InChI=1S/C33H27NO8S/c1-40-26-16-21-14-15-34(31(20-8-4-3-5-9-20)25(21)18-27(26)41-2)30(35)19-42-33(37)22-12-13-24-29(17-22)43(38,39)28-11-7-6-10-23(28)32(24)36/h3-13,16-18,31H,14-15,19H2,1-2H3. The van der Waals surface area contributed by atoms with E-state index in [-0.39, 0.29) is 26.5 Å². The van der Waals surface area contributed by atoms with E-state index in [0.717, 1.165) is 22.8 Å². The topological polar surface area (TPSA) is 116 Å². The van der Waals surface area contributed by atoms with Gasteiger partial charge in [0.15, 0.2) is 23.9 Å². The first-order valence-electron chi connectivity index (χ1n) is 13.5. The van der Waals surface area contributed by atoms with Crippen LogP contribution in [-0.2, 0) is 25.8 Å². The fourth-order valence-corrected chi connectivity index (χ4v) is 7.39. The molecular weight excluding hydrogens is 570 g/mol. The first kappa shape index (κ1) is 28.2. The fraction of sp³-hybridized carbons (Fsp3) is 0.182. The van der Waals surface area contributed by atoms with E-state index in [4.69, 9.17) is 14.2 Å². The number of fused-ring (bicyclic) bond motifs is 3. The Kier molecular flexibility index (Phi) is 7.23. The molecule has 0 spiro atoms. The van der Waals surface area contributed by atoms with Crippen LogP contribution in [0.4, 0.5) is 0 Å². The molecule has 0 saturated heterocycles. The number of benzene rings is 4. The van der Waals surface area contributed by atoms with E-state index in [0.29, 0.717) is 24.5 Å². The normalized spacial score (nSPS) is 16.4. The zero-order valence-corrected chi connectivity index (χ0v) is 24.2. The molecule has 4 aromatic rings. The summed E-state index contributed by atoms with van der Waals surface area (Å²) < 4.78 is 42.9. The second-order valence-electron chi connectivity index (χ2n) is 10.2. The van der Waals surface area contributed by atoms with Gasteiger partial charge in [0.05, 0.1) is 35.6 Å². The lowest BCUT2D eigenvalue weighted by Crippen LogP contribution is -2.42. The van der Waals surface area contributed by atoms with Gasteiger partial charge in [0.25, 0.3) is 5.91 Å². The summed E-state index contributed by atoms with van der Waals surface area (Å²) >= 11 is 0. The number of carbonyl (C=O) groups is 3. The highest BCUT2D eigenvalue weighted by atomic mass is 32.2. The summed E-state index contributed by atoms with van der Waals surface area (Å²) in [4.78, 5) is 40.8. The van der Waals surface area contributed by atoms with Crippen LogP contribution < -0.4 is 9.47 Å². The average molecular weight is 598 g/mol. The van der Waals surface area contributed by atoms with Crippen LogP contribution >= 0.6 is 0 Å². The first-order valence-corrected chi connectivity index (χ1v) is 15.0. The number of carbonyl (C=O) groups excluding carboxylic acids is 3. The van der Waals surface area contributed by atoms with Crippen molar-refractivity contribution in [3.05, 3.63) is 118 Å². The number of amides is 1. The molecule has 6 rings (SSSR count). The minimum Gasteiger partial charge on any atom is -0.493 e. The van der Waals surface area contributed by atoms with Crippen molar-refractivity contribution in [1.82, 2.24) is 4.90 Å². The van der Waals surface area contributed by atoms with E-state index < -0.39 is 40.1 Å². The van der Waals surface area contributed by atoms with Crippen molar-refractivity contribution in [2.24, 2.45) is 0 Å². The van der Waals surface area contributed by atoms with Crippen LogP contribution in [0.1, 0.15) is 49.0 Å². The molecule has 9 nitrogen and oxygen atoms in total. The molecule has 2 heterocycles. The molecule has 0 saturated carbocycles. The Hall–Kier alpha value is -4.96. The van der Waals surface area contributed by atoms with Crippen LogP contribution in [0.15, 0.2) is 94.7 Å². The fourth-order valence-electron chi connectivity index (χ4n) is 5.71. The summed E-state index contributed by atoms with van der Waals surface area (Å²) in [7, 11) is -0.920. The third-order valence-corrected chi connectivity index (χ3v) is 9.66. The van der Waals surface area contributed by atoms with Crippen molar-refractivity contribution in [3.8, 4) is 11.5 Å². The quantitative estimate of drug-likeness (QED) is 0.264. The molecule has 10 heteroatoms. The van der Waals surface area contributed by atoms with Gasteiger partial charge in [-0.2, -0.15) is 0 Å². The number of ketones is 1. The Balaban J connectivity index is 1.26. The average Bonchev–Trinajstić information content (AvgIpc) is 3.05. The summed E-state index contributed by atoms with van der Waals surface area (Å²) in [5, 5.41) is 0. The van der Waals surface area contributed by atoms with Crippen molar-refractivity contribution >= 4 is 27.5 Å². The van der Waals surface area contributed by atoms with Gasteiger partial charge in [-0.15, -0.1) is 0 Å². The molecule has 1 amide bonds. The van der Waals surface area contributed by atoms with E-state index >= 15 is 0 Å². The second kappa shape index (κ2) is 11.0. The van der Waals surface area contributed by atoms with Gasteiger partial charge in [-0.05, 0) is 65.6 Å². The van der Waals surface area contributed by atoms with Gasteiger partial charge in [0, 0.05) is 17.7 Å². The third-order valence-electron chi connectivity index (χ3n) is 7.81. The first-order chi connectivity index (χ1) is 20.7. The van der Waals surface area contributed by atoms with Crippen LogP contribution in [0.3, 0.4) is 0 Å². The van der Waals surface area contributed by atoms with Gasteiger partial charge in [0.1, 0.15) is 0 Å². The highest BCUT2D eigenvalue weighted by molar-refractivity contribution is 7.91. The lowest BCUT2D eigenvalue weighted by Gasteiger charge is -2.38. The molecule has 0 aliphatic carbocycles. The highest BCUT2D eigenvalue weighted by Gasteiger charge is 2.36. The van der Waals surface area contributed by atoms with E-state index in [2.05, 4.69) is 0 Å². The lowest BCUT2D eigenvalue weighted by atomic mass is 9.87. The lowest BCUT2D eigenvalue weighted by molar-refractivity contribution is -0.136. The van der Waals surface area contributed by atoms with Gasteiger partial charge in [-0.1, -0.05) is 42.5 Å². The summed E-state index contributed by atoms with van der Waals surface area (Å²) in [6.07, 6.45) is 0.552. The van der Waals surface area contributed by atoms with E-state index in [1.165, 1.54) is 30.3 Å². The summed E-state index contributed by atoms with van der Waals surface area (Å²) in [5.74, 6) is -0.609. The minimum absolute atomic E-state index is 0.0175. The number of sulfone groups is 1. The number of rotatable bonds is 6. The van der Waals surface area contributed by atoms with Crippen molar-refractivity contribution in [2.45, 2.75) is 22.3 Å². The number of methoxy groups -OCH3 is 2. The molecule has 4 aromatic carbocycles. The summed E-state index contributed by atoms with van der Waals surface area (Å²) in [6, 6.07) is 22.6. The number of hydrogen-bond acceptors (Lipinski definition) is 8. The van der Waals surface area contributed by atoms with Gasteiger partial charge in [0.2, 0.25) is 9.84 Å². The number of ether oxygens (including phenoxy) is 3. The molecule has 0 bridgehead atoms. The molecular formula is C33H27NO8S. The molecule has 43 heavy (non-hydrogen) atoms. The number of esters is 1. The molecule has 218 valence electrons. The monoisotopic (exact) mass is 597 g/mol. The molecule has 0 aromatic heterocycles. The van der Waals surface area contributed by atoms with E-state index in [1.54, 1.807) is 25.2 Å². The van der Waals surface area contributed by atoms with Crippen molar-refractivity contribution in [2.75, 3.05) is 27.4 Å². The third kappa shape index (κ3) is 4.83. The Morgan fingerprint density at radius 1 is 0.837 bits per heavy atom. The Labute approximate surface area is 248 Å². The van der Waals surface area contributed by atoms with Crippen molar-refractivity contribution < 1.29 is 37.0 Å². The summed E-state index contributed by atoms with van der Waals surface area (Å²) in [6.45, 7) is -0.187. The Morgan fingerprint density at radius 2 is 1.51 bits per heavy atom. The van der Waals surface area contributed by atoms with E-state index in [9.17, 15) is 22.8 Å². The molecule has 0 fully saturated rings. The molecule has 2 aliphatic rings. The maximum Gasteiger partial charge on any atom is 0.338 e. The number of nitrogens with zero attached hydrogens (tertiary/aromatic N) is 1. The van der Waals surface area contributed by atoms with Crippen LogP contribution in [0.5, 0.6) is 11.5 Å². The van der Waals surface area contributed by atoms with Crippen molar-refractivity contribution in [3.63, 3.8) is 0 Å². The number of hydrogen-bond donors (Lipinski definition) is 0. The minimum atomic E-state index is -4.04. The van der Waals surface area contributed by atoms with Gasteiger partial charge in [-0.25, -0.2) is 13.2 Å². The maximum absolute atomic E-state index is 13.6. The maximum atomic E-state index is 13.6. The summed E-state index contributed by atoms with van der Waals surface area (Å²) in [5.41, 5.74) is 2.75. The highest BCUT2D eigenvalue weighted by Crippen LogP contribution is 2.41. The van der Waals surface area contributed by atoms with Crippen LogP contribution in [0, 0.1) is 0 Å². The Bertz CT molecular complexity index is 1880. The van der Waals surface area contributed by atoms with Gasteiger partial charge in [-0.3, -0.25) is 9.59 Å². The van der Waals surface area contributed by atoms with E-state index in [1.807, 2.05) is 42.5 Å². The largest absolute Gasteiger partial charge is 0.493 e. The SMILES string of the molecule is COc1cc2c(cc1OC)C(c1ccccc1)N(C(=O)COC(=O)c1ccc3c(c1)S(=O)(=O)c1ccccc1C3=O)CC2. The predicted octanol–water partition coefficient (Wildman–Crippen LogP) is 4.41. The molecule has 1 unspecified atom stereocenters. The van der Waals surface area contributed by atoms with Crippen LogP contribution in [-0.4, -0.2) is 58.3 Å². The predicted molar refractivity (Wildman–Crippen MR) is 155 cm³/mol. The smallest absolute Gasteiger partial charge is 0.338 e.